The molecule has 1 saturated heterocycles. The number of rotatable bonds is 4. The number of morpholine rings is 1. The van der Waals surface area contributed by atoms with E-state index in [0.717, 1.165) is 0 Å². The van der Waals surface area contributed by atoms with E-state index in [9.17, 15) is 10.1 Å². The minimum absolute atomic E-state index is 0.0502. The lowest BCUT2D eigenvalue weighted by Gasteiger charge is -2.32. The van der Waals surface area contributed by atoms with Crippen molar-refractivity contribution in [2.24, 2.45) is 5.73 Å². The number of hydrogen-bond donors (Lipinski definition) is 1. The van der Waals surface area contributed by atoms with Crippen LogP contribution < -0.4 is 15.4 Å². The van der Waals surface area contributed by atoms with Gasteiger partial charge in [-0.1, -0.05) is 0 Å². The lowest BCUT2D eigenvalue weighted by atomic mass is 10.2. The van der Waals surface area contributed by atoms with Gasteiger partial charge < -0.3 is 20.1 Å². The quantitative estimate of drug-likeness (QED) is 0.577. The second kappa shape index (κ2) is 5.76. The second-order valence-electron chi connectivity index (χ2n) is 3.99. The predicted octanol–water partition coefficient (Wildman–Crippen LogP) is -0.443. The number of aromatic nitrogens is 2. The van der Waals surface area contributed by atoms with E-state index in [1.807, 2.05) is 0 Å². The molecule has 1 aliphatic rings. The summed E-state index contributed by atoms with van der Waals surface area (Å²) in [6.45, 7) is 1.77. The summed E-state index contributed by atoms with van der Waals surface area (Å²) in [5.41, 5.74) is 5.32. The smallest absolute Gasteiger partial charge is 0.372 e. The van der Waals surface area contributed by atoms with Crippen molar-refractivity contribution < 1.29 is 14.4 Å². The molecule has 2 N–H and O–H groups in total. The molecular weight excluding hydrogens is 254 g/mol. The van der Waals surface area contributed by atoms with Crippen LogP contribution in [0.2, 0.25) is 0 Å². The van der Waals surface area contributed by atoms with E-state index in [2.05, 4.69) is 9.97 Å². The fraction of sp³-hybridized carbons (Fsp3) is 0.600. The lowest BCUT2D eigenvalue weighted by molar-refractivity contribution is -0.385. The van der Waals surface area contributed by atoms with E-state index in [4.69, 9.17) is 15.2 Å². The molecule has 0 spiro atoms. The SMILES string of the molecule is COc1ncnc(N2CCOC(CN)C2)c1[N+](=O)[O-]. The number of nitrogens with two attached hydrogens (primary N) is 1. The van der Waals surface area contributed by atoms with Gasteiger partial charge in [0.1, 0.15) is 6.33 Å². The summed E-state index contributed by atoms with van der Waals surface area (Å²) < 4.78 is 10.3. The minimum Gasteiger partial charge on any atom is -0.476 e. The van der Waals surface area contributed by atoms with Crippen molar-refractivity contribution in [1.29, 1.82) is 0 Å². The fourth-order valence-corrected chi connectivity index (χ4v) is 1.95. The molecule has 1 aromatic rings. The Morgan fingerprint density at radius 1 is 1.68 bits per heavy atom. The van der Waals surface area contributed by atoms with Crippen molar-refractivity contribution in [1.82, 2.24) is 9.97 Å². The first-order chi connectivity index (χ1) is 9.17. The van der Waals surface area contributed by atoms with Crippen LogP contribution in [0.1, 0.15) is 0 Å². The van der Waals surface area contributed by atoms with Gasteiger partial charge in [0, 0.05) is 19.6 Å². The first-order valence-electron chi connectivity index (χ1n) is 5.77. The van der Waals surface area contributed by atoms with Gasteiger partial charge in [-0.2, -0.15) is 4.98 Å². The predicted molar refractivity (Wildman–Crippen MR) is 66.2 cm³/mol. The number of hydrogen-bond acceptors (Lipinski definition) is 8. The van der Waals surface area contributed by atoms with Gasteiger partial charge in [-0.05, 0) is 0 Å². The molecule has 19 heavy (non-hydrogen) atoms. The zero-order chi connectivity index (χ0) is 13.8. The summed E-state index contributed by atoms with van der Waals surface area (Å²) >= 11 is 0. The lowest BCUT2D eigenvalue weighted by Crippen LogP contribution is -2.46. The van der Waals surface area contributed by atoms with Crippen molar-refractivity contribution in [3.8, 4) is 5.88 Å². The summed E-state index contributed by atoms with van der Waals surface area (Å²) in [4.78, 5) is 20.1. The summed E-state index contributed by atoms with van der Waals surface area (Å²) in [6, 6.07) is 0. The van der Waals surface area contributed by atoms with Gasteiger partial charge in [0.2, 0.25) is 5.82 Å². The zero-order valence-corrected chi connectivity index (χ0v) is 10.5. The van der Waals surface area contributed by atoms with Crippen LogP contribution in [0.15, 0.2) is 6.33 Å². The zero-order valence-electron chi connectivity index (χ0n) is 10.5. The van der Waals surface area contributed by atoms with Crippen LogP contribution in [-0.4, -0.2) is 54.3 Å². The van der Waals surface area contributed by atoms with Crippen molar-refractivity contribution in [3.63, 3.8) is 0 Å². The van der Waals surface area contributed by atoms with Gasteiger partial charge in [-0.15, -0.1) is 0 Å². The van der Waals surface area contributed by atoms with E-state index < -0.39 is 4.92 Å². The number of anilines is 1. The van der Waals surface area contributed by atoms with Crippen LogP contribution in [0.3, 0.4) is 0 Å². The van der Waals surface area contributed by atoms with Crippen LogP contribution in [0.4, 0.5) is 11.5 Å². The molecule has 0 radical (unpaired) electrons. The Hall–Kier alpha value is -2.00. The van der Waals surface area contributed by atoms with Gasteiger partial charge in [0.15, 0.2) is 0 Å². The Labute approximate surface area is 109 Å². The highest BCUT2D eigenvalue weighted by atomic mass is 16.6. The Bertz CT molecular complexity index is 469. The maximum atomic E-state index is 11.2. The average molecular weight is 269 g/mol. The molecule has 1 aliphatic heterocycles. The molecule has 1 atom stereocenters. The summed E-state index contributed by atoms with van der Waals surface area (Å²) in [6.07, 6.45) is 1.09. The second-order valence-corrected chi connectivity index (χ2v) is 3.99. The average Bonchev–Trinajstić information content (AvgIpc) is 2.46. The normalized spacial score (nSPS) is 19.3. The van der Waals surface area contributed by atoms with Crippen LogP contribution in [0.5, 0.6) is 5.88 Å². The third-order valence-electron chi connectivity index (χ3n) is 2.85. The first kappa shape index (κ1) is 13.4. The van der Waals surface area contributed by atoms with E-state index >= 15 is 0 Å². The number of nitrogens with zero attached hydrogens (tertiary/aromatic N) is 4. The molecule has 104 valence electrons. The molecule has 1 fully saturated rings. The Balaban J connectivity index is 2.35. The van der Waals surface area contributed by atoms with Gasteiger partial charge in [-0.3, -0.25) is 10.1 Å². The van der Waals surface area contributed by atoms with Crippen LogP contribution in [0.25, 0.3) is 0 Å². The molecule has 2 rings (SSSR count). The van der Waals surface area contributed by atoms with Gasteiger partial charge >= 0.3 is 5.69 Å². The van der Waals surface area contributed by atoms with E-state index in [1.54, 1.807) is 4.90 Å². The van der Waals surface area contributed by atoms with Gasteiger partial charge in [-0.25, -0.2) is 4.98 Å². The highest BCUT2D eigenvalue weighted by molar-refractivity contribution is 5.62. The van der Waals surface area contributed by atoms with Crippen molar-refractivity contribution in [3.05, 3.63) is 16.4 Å². The van der Waals surface area contributed by atoms with Crippen molar-refractivity contribution in [2.75, 3.05) is 38.3 Å². The molecule has 9 nitrogen and oxygen atoms in total. The fourth-order valence-electron chi connectivity index (χ4n) is 1.95. The third kappa shape index (κ3) is 2.71. The summed E-state index contributed by atoms with van der Waals surface area (Å²) in [5.74, 6) is 0.185. The monoisotopic (exact) mass is 269 g/mol. The van der Waals surface area contributed by atoms with Gasteiger partial charge in [0.25, 0.3) is 5.88 Å². The molecule has 1 aromatic heterocycles. The molecule has 2 heterocycles. The Kier molecular flexibility index (Phi) is 4.07. The van der Waals surface area contributed by atoms with Crippen molar-refractivity contribution >= 4 is 11.5 Å². The van der Waals surface area contributed by atoms with Crippen LogP contribution in [0, 0.1) is 10.1 Å². The maximum absolute atomic E-state index is 11.2. The molecule has 0 aromatic carbocycles. The highest BCUT2D eigenvalue weighted by Crippen LogP contribution is 2.33. The Morgan fingerprint density at radius 3 is 3.11 bits per heavy atom. The molecule has 0 amide bonds. The molecular formula is C10H15N5O4. The maximum Gasteiger partial charge on any atom is 0.372 e. The molecule has 1 unspecified atom stereocenters. The van der Waals surface area contributed by atoms with E-state index in [0.29, 0.717) is 26.2 Å². The molecule has 0 aliphatic carbocycles. The number of methoxy groups -OCH3 is 1. The van der Waals surface area contributed by atoms with Gasteiger partial charge in [0.05, 0.1) is 24.7 Å². The first-order valence-corrected chi connectivity index (χ1v) is 5.77. The topological polar surface area (TPSA) is 117 Å². The number of nitro groups is 1. The minimum atomic E-state index is -0.541. The van der Waals surface area contributed by atoms with E-state index in [1.165, 1.54) is 13.4 Å². The highest BCUT2D eigenvalue weighted by Gasteiger charge is 2.30. The largest absolute Gasteiger partial charge is 0.476 e. The van der Waals surface area contributed by atoms with E-state index in [-0.39, 0.29) is 23.5 Å². The van der Waals surface area contributed by atoms with Crippen LogP contribution in [-0.2, 0) is 4.74 Å². The molecule has 9 heteroatoms. The third-order valence-corrected chi connectivity index (χ3v) is 2.85. The van der Waals surface area contributed by atoms with Crippen molar-refractivity contribution in [2.45, 2.75) is 6.10 Å². The molecule has 0 saturated carbocycles. The van der Waals surface area contributed by atoms with Crippen LogP contribution >= 0.6 is 0 Å². The summed E-state index contributed by atoms with van der Waals surface area (Å²) in [5, 5.41) is 11.2. The number of ether oxygens (including phenoxy) is 2. The summed E-state index contributed by atoms with van der Waals surface area (Å²) in [7, 11) is 1.33. The standard InChI is InChI=1S/C10H15N5O4/c1-18-10-8(15(16)17)9(12-6-13-10)14-2-3-19-7(4-11)5-14/h6-7H,2-5,11H2,1H3. The Morgan fingerprint density at radius 2 is 2.47 bits per heavy atom. The molecule has 0 bridgehead atoms.